The fourth-order valence-electron chi connectivity index (χ4n) is 1.75. The van der Waals surface area contributed by atoms with Gasteiger partial charge in [0.05, 0.1) is 22.9 Å². The van der Waals surface area contributed by atoms with Gasteiger partial charge in [0.15, 0.2) is 0 Å². The minimum absolute atomic E-state index is 0.0770. The average molecular weight is 262 g/mol. The molecule has 7 heteroatoms. The molecular weight excluding hydrogens is 248 g/mol. The molecule has 0 saturated carbocycles. The van der Waals surface area contributed by atoms with E-state index in [1.807, 2.05) is 5.48 Å². The number of nitrogens with one attached hydrogen (secondary N) is 2. The van der Waals surface area contributed by atoms with Crippen molar-refractivity contribution in [3.63, 3.8) is 0 Å². The van der Waals surface area contributed by atoms with Crippen LogP contribution in [0.4, 0.5) is 5.69 Å². The highest BCUT2D eigenvalue weighted by Crippen LogP contribution is 2.13. The molecule has 0 saturated heterocycles. The van der Waals surface area contributed by atoms with Crippen molar-refractivity contribution in [2.45, 2.75) is 13.5 Å². The zero-order valence-electron chi connectivity index (χ0n) is 10.4. The summed E-state index contributed by atoms with van der Waals surface area (Å²) < 4.78 is 1.23. The molecule has 1 aromatic carbocycles. The number of nitrogens with zero attached hydrogens (tertiary/aromatic N) is 2. The van der Waals surface area contributed by atoms with Crippen molar-refractivity contribution in [3.05, 3.63) is 34.9 Å². The van der Waals surface area contributed by atoms with Crippen LogP contribution in [0, 0.1) is 0 Å². The van der Waals surface area contributed by atoms with Gasteiger partial charge in [-0.05, 0) is 25.1 Å². The van der Waals surface area contributed by atoms with Crippen molar-refractivity contribution in [1.29, 1.82) is 0 Å². The van der Waals surface area contributed by atoms with E-state index in [9.17, 15) is 9.59 Å². The summed E-state index contributed by atoms with van der Waals surface area (Å²) >= 11 is 0. The van der Waals surface area contributed by atoms with Crippen molar-refractivity contribution in [2.24, 2.45) is 0 Å². The second kappa shape index (κ2) is 5.49. The van der Waals surface area contributed by atoms with Gasteiger partial charge in [0, 0.05) is 6.54 Å². The van der Waals surface area contributed by atoms with Crippen LogP contribution in [0.5, 0.6) is 0 Å². The highest BCUT2D eigenvalue weighted by atomic mass is 16.5. The van der Waals surface area contributed by atoms with Crippen LogP contribution in [0.1, 0.15) is 6.92 Å². The molecule has 0 spiro atoms. The Bertz CT molecular complexity index is 666. The molecule has 0 radical (unpaired) electrons. The van der Waals surface area contributed by atoms with Gasteiger partial charge in [-0.15, -0.1) is 0 Å². The Kier molecular flexibility index (Phi) is 3.76. The number of benzene rings is 1. The molecule has 1 heterocycles. The summed E-state index contributed by atoms with van der Waals surface area (Å²) in [6.07, 6.45) is 1.34. The quantitative estimate of drug-likeness (QED) is 0.690. The van der Waals surface area contributed by atoms with Crippen LogP contribution < -0.4 is 16.4 Å². The summed E-state index contributed by atoms with van der Waals surface area (Å²) in [5.41, 5.74) is 2.55. The van der Waals surface area contributed by atoms with Crippen LogP contribution >= 0.6 is 0 Å². The number of hydrogen-bond acceptors (Lipinski definition) is 5. The average Bonchev–Trinajstić information content (AvgIpc) is 2.42. The smallest absolute Gasteiger partial charge is 0.261 e. The first-order chi connectivity index (χ1) is 9.15. The maximum atomic E-state index is 12.2. The van der Waals surface area contributed by atoms with E-state index in [2.05, 4.69) is 10.3 Å². The van der Waals surface area contributed by atoms with Crippen LogP contribution in [0.2, 0.25) is 0 Å². The molecule has 0 aliphatic carbocycles. The van der Waals surface area contributed by atoms with Gasteiger partial charge in [0.2, 0.25) is 5.91 Å². The third-order valence-corrected chi connectivity index (χ3v) is 2.64. The zero-order chi connectivity index (χ0) is 13.8. The summed E-state index contributed by atoms with van der Waals surface area (Å²) in [4.78, 5) is 27.7. The molecule has 0 aliphatic rings. The van der Waals surface area contributed by atoms with Crippen LogP contribution in [-0.2, 0) is 11.3 Å². The summed E-state index contributed by atoms with van der Waals surface area (Å²) in [6.45, 7) is 2.23. The Morgan fingerprint density at radius 2 is 2.26 bits per heavy atom. The van der Waals surface area contributed by atoms with Gasteiger partial charge in [-0.1, -0.05) is 0 Å². The summed E-state index contributed by atoms with van der Waals surface area (Å²) in [7, 11) is 0. The Hall–Kier alpha value is -2.41. The van der Waals surface area contributed by atoms with Gasteiger partial charge in [0.25, 0.3) is 5.56 Å². The normalized spacial score (nSPS) is 10.4. The lowest BCUT2D eigenvalue weighted by Gasteiger charge is -2.07. The topological polar surface area (TPSA) is 96.2 Å². The van der Waals surface area contributed by atoms with E-state index in [-0.39, 0.29) is 18.0 Å². The minimum atomic E-state index is -0.326. The molecule has 1 amide bonds. The molecule has 0 atom stereocenters. The van der Waals surface area contributed by atoms with Gasteiger partial charge < -0.3 is 5.32 Å². The predicted octanol–water partition coefficient (Wildman–Crippen LogP) is 0.334. The molecule has 19 heavy (non-hydrogen) atoms. The fraction of sp³-hybridized carbons (Fsp3) is 0.250. The number of likely N-dealkylation sites (N-methyl/N-ethyl adjacent to an activating group) is 1. The first-order valence-electron chi connectivity index (χ1n) is 5.81. The molecule has 0 fully saturated rings. The number of aromatic nitrogens is 2. The van der Waals surface area contributed by atoms with Crippen LogP contribution in [0.15, 0.2) is 29.3 Å². The Morgan fingerprint density at radius 3 is 2.95 bits per heavy atom. The number of anilines is 1. The second-order valence-electron chi connectivity index (χ2n) is 3.97. The number of fused-ring (bicyclic) bond motifs is 1. The summed E-state index contributed by atoms with van der Waals surface area (Å²) in [5, 5.41) is 11.8. The zero-order valence-corrected chi connectivity index (χ0v) is 10.4. The third-order valence-electron chi connectivity index (χ3n) is 2.64. The summed E-state index contributed by atoms with van der Waals surface area (Å²) in [6, 6.07) is 4.70. The highest BCUT2D eigenvalue weighted by molar-refractivity contribution is 5.81. The number of carbonyl (C=O) groups excluding carboxylic acids is 1. The highest BCUT2D eigenvalue weighted by Gasteiger charge is 2.08. The first kappa shape index (κ1) is 13.0. The molecule has 7 nitrogen and oxygen atoms in total. The van der Waals surface area contributed by atoms with Gasteiger partial charge in [0.1, 0.15) is 6.54 Å². The van der Waals surface area contributed by atoms with Gasteiger partial charge >= 0.3 is 0 Å². The number of amides is 1. The second-order valence-corrected chi connectivity index (χ2v) is 3.97. The number of carbonyl (C=O) groups is 1. The van der Waals surface area contributed by atoms with Crippen molar-refractivity contribution in [1.82, 2.24) is 14.9 Å². The van der Waals surface area contributed by atoms with E-state index in [0.29, 0.717) is 23.1 Å². The molecule has 0 aliphatic heterocycles. The van der Waals surface area contributed by atoms with Crippen molar-refractivity contribution in [2.75, 3.05) is 12.0 Å². The standard InChI is InChI=1S/C12H14N4O3/c1-2-13-11(17)6-16-7-14-10-4-3-8(15-19)5-9(10)12(16)18/h3-5,7,15,19H,2,6H2,1H3,(H,13,17). The van der Waals surface area contributed by atoms with Gasteiger partial charge in [-0.2, -0.15) is 0 Å². The number of rotatable bonds is 4. The molecule has 100 valence electrons. The van der Waals surface area contributed by atoms with E-state index in [1.54, 1.807) is 19.1 Å². The summed E-state index contributed by atoms with van der Waals surface area (Å²) in [5.74, 6) is -0.248. The minimum Gasteiger partial charge on any atom is -0.355 e. The monoisotopic (exact) mass is 262 g/mol. The van der Waals surface area contributed by atoms with Crippen LogP contribution in [0.3, 0.4) is 0 Å². The Balaban J connectivity index is 2.44. The van der Waals surface area contributed by atoms with Gasteiger partial charge in [-0.25, -0.2) is 4.98 Å². The lowest BCUT2D eigenvalue weighted by molar-refractivity contribution is -0.121. The lowest BCUT2D eigenvalue weighted by Crippen LogP contribution is -2.32. The molecule has 3 N–H and O–H groups in total. The molecule has 2 rings (SSSR count). The molecule has 1 aromatic heterocycles. The Labute approximate surface area is 108 Å². The largest absolute Gasteiger partial charge is 0.355 e. The maximum absolute atomic E-state index is 12.2. The SMILES string of the molecule is CCNC(=O)Cn1cnc2ccc(NO)cc2c1=O. The number of hydrogen-bond donors (Lipinski definition) is 3. The molecule has 0 bridgehead atoms. The van der Waals surface area contributed by atoms with Crippen LogP contribution in [0.25, 0.3) is 10.9 Å². The van der Waals surface area contributed by atoms with Crippen molar-refractivity contribution < 1.29 is 10.0 Å². The molecule has 0 unspecified atom stereocenters. The van der Waals surface area contributed by atoms with E-state index in [4.69, 9.17) is 5.21 Å². The van der Waals surface area contributed by atoms with E-state index < -0.39 is 0 Å². The van der Waals surface area contributed by atoms with Crippen LogP contribution in [-0.4, -0.2) is 27.2 Å². The van der Waals surface area contributed by atoms with E-state index in [0.717, 1.165) is 0 Å². The van der Waals surface area contributed by atoms with Crippen molar-refractivity contribution in [3.8, 4) is 0 Å². The molecular formula is C12H14N4O3. The Morgan fingerprint density at radius 1 is 1.47 bits per heavy atom. The maximum Gasteiger partial charge on any atom is 0.261 e. The fourth-order valence-corrected chi connectivity index (χ4v) is 1.75. The third kappa shape index (κ3) is 2.71. The lowest BCUT2D eigenvalue weighted by atomic mass is 10.2. The first-order valence-corrected chi connectivity index (χ1v) is 5.81. The van der Waals surface area contributed by atoms with Crippen molar-refractivity contribution >= 4 is 22.5 Å². The predicted molar refractivity (Wildman–Crippen MR) is 70.1 cm³/mol. The van der Waals surface area contributed by atoms with Gasteiger partial charge in [-0.3, -0.25) is 24.8 Å². The molecule has 2 aromatic rings. The van der Waals surface area contributed by atoms with E-state index >= 15 is 0 Å². The van der Waals surface area contributed by atoms with E-state index in [1.165, 1.54) is 17.0 Å².